The average Bonchev–Trinajstić information content (AvgIpc) is 3.08. The van der Waals surface area contributed by atoms with Crippen LogP contribution in [0, 0.1) is 0 Å². The van der Waals surface area contributed by atoms with Crippen LogP contribution < -0.4 is 11.1 Å². The summed E-state index contributed by atoms with van der Waals surface area (Å²) in [7, 11) is 0. The number of carbonyl (C=O) groups excluding carboxylic acids is 1. The fourth-order valence-corrected chi connectivity index (χ4v) is 3.47. The number of nitrogens with two attached hydrogens (primary N) is 1. The lowest BCUT2D eigenvalue weighted by Crippen LogP contribution is -2.50. The number of carbonyl (C=O) groups is 1. The normalized spacial score (nSPS) is 24.7. The van der Waals surface area contributed by atoms with E-state index < -0.39 is 0 Å². The van der Waals surface area contributed by atoms with Crippen LogP contribution in [0.3, 0.4) is 0 Å². The van der Waals surface area contributed by atoms with Crippen molar-refractivity contribution in [3.05, 3.63) is 35.9 Å². The molecule has 1 aromatic rings. The minimum atomic E-state index is 0.218. The molecule has 1 aromatic carbocycles. The van der Waals surface area contributed by atoms with Crippen LogP contribution in [-0.2, 0) is 11.3 Å². The first kappa shape index (κ1) is 14.5. The summed E-state index contributed by atoms with van der Waals surface area (Å²) in [6.07, 6.45) is 1.12. The van der Waals surface area contributed by atoms with Crippen molar-refractivity contribution in [2.45, 2.75) is 25.0 Å². The van der Waals surface area contributed by atoms with E-state index in [1.54, 1.807) is 0 Å². The Labute approximate surface area is 126 Å². The molecule has 0 radical (unpaired) electrons. The zero-order valence-electron chi connectivity index (χ0n) is 12.4. The van der Waals surface area contributed by atoms with Crippen molar-refractivity contribution in [3.63, 3.8) is 0 Å². The third kappa shape index (κ3) is 3.26. The first-order valence-corrected chi connectivity index (χ1v) is 7.76. The Balaban J connectivity index is 1.51. The van der Waals surface area contributed by atoms with Crippen LogP contribution in [0.15, 0.2) is 30.3 Å². The van der Waals surface area contributed by atoms with E-state index in [0.717, 1.165) is 26.1 Å². The van der Waals surface area contributed by atoms with Gasteiger partial charge in [0.15, 0.2) is 0 Å². The maximum absolute atomic E-state index is 12.2. The molecule has 0 spiro atoms. The quantitative estimate of drug-likeness (QED) is 0.725. The van der Waals surface area contributed by atoms with E-state index in [1.807, 2.05) is 6.07 Å². The Morgan fingerprint density at radius 1 is 1.24 bits per heavy atom. The summed E-state index contributed by atoms with van der Waals surface area (Å²) in [4.78, 5) is 16.7. The first-order valence-electron chi connectivity index (χ1n) is 7.76. The maximum atomic E-state index is 12.2. The van der Waals surface area contributed by atoms with Crippen molar-refractivity contribution in [1.82, 2.24) is 15.1 Å². The molecule has 2 fully saturated rings. The largest absolute Gasteiger partial charge is 0.336 e. The number of amides is 1. The van der Waals surface area contributed by atoms with Crippen molar-refractivity contribution < 1.29 is 4.79 Å². The predicted molar refractivity (Wildman–Crippen MR) is 82.7 cm³/mol. The van der Waals surface area contributed by atoms with Gasteiger partial charge >= 0.3 is 0 Å². The average molecular weight is 288 g/mol. The van der Waals surface area contributed by atoms with Crippen molar-refractivity contribution in [2.24, 2.45) is 5.73 Å². The third-order valence-corrected chi connectivity index (χ3v) is 4.50. The molecule has 2 bridgehead atoms. The number of hydrogen-bond acceptors (Lipinski definition) is 4. The zero-order chi connectivity index (χ0) is 14.7. The van der Waals surface area contributed by atoms with Gasteiger partial charge in [0.25, 0.3) is 0 Å². The number of benzene rings is 1. The minimum absolute atomic E-state index is 0.218. The molecule has 0 aromatic heterocycles. The van der Waals surface area contributed by atoms with Gasteiger partial charge in [-0.05, 0) is 12.0 Å². The highest BCUT2D eigenvalue weighted by Gasteiger charge is 2.44. The third-order valence-electron chi connectivity index (χ3n) is 4.50. The molecule has 0 aliphatic carbocycles. The van der Waals surface area contributed by atoms with Crippen LogP contribution in [0.4, 0.5) is 0 Å². The SMILES string of the molecule is NCCNCC(=O)N1C[C@@H]2C[C@H]1CN2Cc1ccccc1. The van der Waals surface area contributed by atoms with Gasteiger partial charge in [0.1, 0.15) is 0 Å². The molecular weight excluding hydrogens is 264 g/mol. The molecular formula is C16H24N4O. The highest BCUT2D eigenvalue weighted by Crippen LogP contribution is 2.31. The second-order valence-corrected chi connectivity index (χ2v) is 5.97. The van der Waals surface area contributed by atoms with Crippen LogP contribution >= 0.6 is 0 Å². The molecule has 21 heavy (non-hydrogen) atoms. The standard InChI is InChI=1S/C16H24N4O/c17-6-7-18-9-16(21)20-12-14-8-15(20)11-19(14)10-13-4-2-1-3-5-13/h1-5,14-15,18H,6-12,17H2/t14-,15-/m0/s1. The van der Waals surface area contributed by atoms with Crippen LogP contribution in [0.25, 0.3) is 0 Å². The number of hydrogen-bond donors (Lipinski definition) is 2. The van der Waals surface area contributed by atoms with Gasteiger partial charge in [0.05, 0.1) is 6.54 Å². The van der Waals surface area contributed by atoms with Crippen LogP contribution in [0.5, 0.6) is 0 Å². The predicted octanol–water partition coefficient (Wildman–Crippen LogP) is 0.0200. The van der Waals surface area contributed by atoms with Gasteiger partial charge in [0.2, 0.25) is 5.91 Å². The Kier molecular flexibility index (Phi) is 4.53. The summed E-state index contributed by atoms with van der Waals surface area (Å²) in [6, 6.07) is 11.5. The van der Waals surface area contributed by atoms with E-state index in [2.05, 4.69) is 39.4 Å². The Morgan fingerprint density at radius 2 is 2.05 bits per heavy atom. The van der Waals surface area contributed by atoms with Gasteiger partial charge in [-0.15, -0.1) is 0 Å². The molecule has 2 heterocycles. The highest BCUT2D eigenvalue weighted by molar-refractivity contribution is 5.79. The van der Waals surface area contributed by atoms with Gasteiger partial charge in [0, 0.05) is 44.8 Å². The molecule has 114 valence electrons. The number of nitrogens with zero attached hydrogens (tertiary/aromatic N) is 2. The summed E-state index contributed by atoms with van der Waals surface area (Å²) >= 11 is 0. The summed E-state index contributed by atoms with van der Waals surface area (Å²) in [5.41, 5.74) is 6.78. The Morgan fingerprint density at radius 3 is 2.71 bits per heavy atom. The van der Waals surface area contributed by atoms with Gasteiger partial charge in [-0.25, -0.2) is 0 Å². The zero-order valence-corrected chi connectivity index (χ0v) is 12.4. The molecule has 5 nitrogen and oxygen atoms in total. The fraction of sp³-hybridized carbons (Fsp3) is 0.562. The number of likely N-dealkylation sites (tertiary alicyclic amines) is 2. The van der Waals surface area contributed by atoms with Gasteiger partial charge in [-0.1, -0.05) is 30.3 Å². The highest BCUT2D eigenvalue weighted by atomic mass is 16.2. The van der Waals surface area contributed by atoms with E-state index >= 15 is 0 Å². The van der Waals surface area contributed by atoms with Crippen molar-refractivity contribution in [2.75, 3.05) is 32.7 Å². The smallest absolute Gasteiger partial charge is 0.236 e. The Hall–Kier alpha value is -1.43. The minimum Gasteiger partial charge on any atom is -0.336 e. The van der Waals surface area contributed by atoms with Gasteiger partial charge in [-0.3, -0.25) is 9.69 Å². The van der Waals surface area contributed by atoms with Crippen LogP contribution in [0.1, 0.15) is 12.0 Å². The van der Waals surface area contributed by atoms with Crippen molar-refractivity contribution in [1.29, 1.82) is 0 Å². The molecule has 2 atom stereocenters. The van der Waals surface area contributed by atoms with Crippen LogP contribution in [0.2, 0.25) is 0 Å². The van der Waals surface area contributed by atoms with E-state index in [1.165, 1.54) is 5.56 Å². The van der Waals surface area contributed by atoms with Crippen molar-refractivity contribution in [3.8, 4) is 0 Å². The van der Waals surface area contributed by atoms with E-state index in [9.17, 15) is 4.79 Å². The lowest BCUT2D eigenvalue weighted by molar-refractivity contribution is -0.132. The van der Waals surface area contributed by atoms with E-state index in [-0.39, 0.29) is 5.91 Å². The molecule has 0 saturated carbocycles. The first-order chi connectivity index (χ1) is 10.3. The molecule has 3 N–H and O–H groups in total. The maximum Gasteiger partial charge on any atom is 0.236 e. The van der Waals surface area contributed by atoms with Crippen molar-refractivity contribution >= 4 is 5.91 Å². The lowest BCUT2D eigenvalue weighted by Gasteiger charge is -2.34. The summed E-state index contributed by atoms with van der Waals surface area (Å²) in [5.74, 6) is 0.218. The topological polar surface area (TPSA) is 61.6 Å². The molecule has 2 saturated heterocycles. The molecule has 3 rings (SSSR count). The van der Waals surface area contributed by atoms with Crippen LogP contribution in [-0.4, -0.2) is 60.5 Å². The number of fused-ring (bicyclic) bond motifs is 2. The van der Waals surface area contributed by atoms with E-state index in [0.29, 0.717) is 31.7 Å². The molecule has 2 aliphatic heterocycles. The lowest BCUT2D eigenvalue weighted by atomic mass is 10.2. The molecule has 0 unspecified atom stereocenters. The van der Waals surface area contributed by atoms with E-state index in [4.69, 9.17) is 5.73 Å². The monoisotopic (exact) mass is 288 g/mol. The second-order valence-electron chi connectivity index (χ2n) is 5.97. The summed E-state index contributed by atoms with van der Waals surface area (Å²) in [5, 5.41) is 3.09. The molecule has 1 amide bonds. The number of nitrogens with one attached hydrogen (secondary N) is 1. The summed E-state index contributed by atoms with van der Waals surface area (Å²) in [6.45, 7) is 4.56. The fourth-order valence-electron chi connectivity index (χ4n) is 3.47. The molecule has 5 heteroatoms. The number of piperazine rings is 1. The Bertz CT molecular complexity index is 478. The number of rotatable bonds is 6. The van der Waals surface area contributed by atoms with Gasteiger partial charge in [-0.2, -0.15) is 0 Å². The summed E-state index contributed by atoms with van der Waals surface area (Å²) < 4.78 is 0. The van der Waals surface area contributed by atoms with Gasteiger partial charge < -0.3 is 16.0 Å². The second kappa shape index (κ2) is 6.56. The molecule has 2 aliphatic rings.